The topological polar surface area (TPSA) is 29.5 Å². The molecule has 0 bridgehead atoms. The van der Waals surface area contributed by atoms with Crippen molar-refractivity contribution in [2.24, 2.45) is 5.92 Å². The lowest BCUT2D eigenvalue weighted by Gasteiger charge is -2.46. The first-order chi connectivity index (χ1) is 12.4. The summed E-state index contributed by atoms with van der Waals surface area (Å²) < 4.78 is 6.51. The summed E-state index contributed by atoms with van der Waals surface area (Å²) in [7, 11) is 0. The number of thioether (sulfide) groups is 1. The first-order valence-electron chi connectivity index (χ1n) is 10.3. The van der Waals surface area contributed by atoms with E-state index in [2.05, 4.69) is 39.8 Å². The van der Waals surface area contributed by atoms with E-state index in [9.17, 15) is 5.11 Å². The van der Waals surface area contributed by atoms with Gasteiger partial charge in [-0.25, -0.2) is 0 Å². The molecule has 0 saturated carbocycles. The Morgan fingerprint density at radius 1 is 1.27 bits per heavy atom. The number of phenols is 1. The summed E-state index contributed by atoms with van der Waals surface area (Å²) in [5, 5.41) is 11.8. The molecule has 1 aromatic rings. The van der Waals surface area contributed by atoms with E-state index in [1.165, 1.54) is 36.0 Å². The number of ether oxygens (including phenoxy) is 1. The van der Waals surface area contributed by atoms with Crippen LogP contribution in [0.15, 0.2) is 17.7 Å². The maximum Gasteiger partial charge on any atom is 0.127 e. The number of unbranched alkanes of at least 4 members (excludes halogenated alkanes) is 2. The number of allylic oxidation sites excluding steroid dienone is 2. The fourth-order valence-electron chi connectivity index (χ4n) is 4.97. The van der Waals surface area contributed by atoms with E-state index in [1.807, 2.05) is 11.8 Å². The standard InChI is InChI=1S/C23H32O2S/c1-5-6-7-8-15-12-18-21(22(24)20(15)19-13-26-19)16-11-14(2)9-10-17(16)23(3,4)25-18/h11-12,16-17,19,24H,5-10,13H2,1-4H3/t16-,17-,19?/m0/s1. The van der Waals surface area contributed by atoms with Crippen LogP contribution in [-0.2, 0) is 6.42 Å². The summed E-state index contributed by atoms with van der Waals surface area (Å²) in [5.74, 6) is 3.34. The maximum atomic E-state index is 11.4. The molecule has 3 heteroatoms. The van der Waals surface area contributed by atoms with Crippen LogP contribution in [0.5, 0.6) is 11.5 Å². The van der Waals surface area contributed by atoms with Gasteiger partial charge in [-0.3, -0.25) is 0 Å². The second-order valence-corrected chi connectivity index (χ2v) is 10.1. The molecule has 0 spiro atoms. The molecule has 1 aromatic carbocycles. The van der Waals surface area contributed by atoms with E-state index < -0.39 is 0 Å². The van der Waals surface area contributed by atoms with Gasteiger partial charge in [-0.05, 0) is 58.1 Å². The lowest BCUT2D eigenvalue weighted by Crippen LogP contribution is -2.45. The molecule has 3 aliphatic rings. The van der Waals surface area contributed by atoms with E-state index in [4.69, 9.17) is 4.74 Å². The average Bonchev–Trinajstić information content (AvgIpc) is 3.38. The smallest absolute Gasteiger partial charge is 0.127 e. The molecule has 2 heterocycles. The Bertz CT molecular complexity index is 730. The van der Waals surface area contributed by atoms with Gasteiger partial charge in [0.05, 0.1) is 0 Å². The fraction of sp³-hybridized carbons (Fsp3) is 0.652. The number of benzene rings is 1. The molecule has 1 aliphatic carbocycles. The van der Waals surface area contributed by atoms with Gasteiger partial charge in [0.15, 0.2) is 0 Å². The van der Waals surface area contributed by atoms with Crippen molar-refractivity contribution >= 4 is 11.8 Å². The molecule has 2 aliphatic heterocycles. The van der Waals surface area contributed by atoms with E-state index in [1.54, 1.807) is 0 Å². The zero-order chi connectivity index (χ0) is 18.5. The molecule has 4 rings (SSSR count). The molecular weight excluding hydrogens is 340 g/mol. The number of hydrogen-bond acceptors (Lipinski definition) is 3. The van der Waals surface area contributed by atoms with Crippen molar-refractivity contribution in [2.45, 2.75) is 83.0 Å². The van der Waals surface area contributed by atoms with Crippen molar-refractivity contribution < 1.29 is 9.84 Å². The molecule has 3 atom stereocenters. The van der Waals surface area contributed by atoms with E-state index >= 15 is 0 Å². The number of hydrogen-bond donors (Lipinski definition) is 1. The Kier molecular flexibility index (Phi) is 4.79. The molecule has 1 N–H and O–H groups in total. The van der Waals surface area contributed by atoms with Crippen LogP contribution in [0.25, 0.3) is 0 Å². The molecular formula is C23H32O2S. The normalized spacial score (nSPS) is 28.6. The minimum atomic E-state index is -0.183. The van der Waals surface area contributed by atoms with E-state index in [0.717, 1.165) is 36.3 Å². The highest BCUT2D eigenvalue weighted by atomic mass is 32.2. The fourth-order valence-corrected chi connectivity index (χ4v) is 5.67. The van der Waals surface area contributed by atoms with Gasteiger partial charge in [0.1, 0.15) is 17.1 Å². The summed E-state index contributed by atoms with van der Waals surface area (Å²) in [4.78, 5) is 0. The Morgan fingerprint density at radius 3 is 2.73 bits per heavy atom. The Hall–Kier alpha value is -1.09. The van der Waals surface area contributed by atoms with Gasteiger partial charge < -0.3 is 9.84 Å². The van der Waals surface area contributed by atoms with Crippen LogP contribution >= 0.6 is 11.8 Å². The second kappa shape index (κ2) is 6.82. The predicted octanol–water partition coefficient (Wildman–Crippen LogP) is 6.52. The van der Waals surface area contributed by atoms with Crippen LogP contribution < -0.4 is 4.74 Å². The Labute approximate surface area is 162 Å². The summed E-state index contributed by atoms with van der Waals surface area (Å²) in [5.41, 5.74) is 4.86. The van der Waals surface area contributed by atoms with Crippen molar-refractivity contribution in [3.05, 3.63) is 34.4 Å². The minimum absolute atomic E-state index is 0.183. The summed E-state index contributed by atoms with van der Waals surface area (Å²) in [6, 6.07) is 2.27. The number of fused-ring (bicyclic) bond motifs is 3. The Balaban J connectivity index is 1.82. The molecule has 0 radical (unpaired) electrons. The number of rotatable bonds is 5. The number of aromatic hydroxyl groups is 1. The van der Waals surface area contributed by atoms with E-state index in [0.29, 0.717) is 16.9 Å². The van der Waals surface area contributed by atoms with Crippen molar-refractivity contribution in [3.8, 4) is 11.5 Å². The van der Waals surface area contributed by atoms with Crippen molar-refractivity contribution in [1.29, 1.82) is 0 Å². The zero-order valence-corrected chi connectivity index (χ0v) is 17.4. The lowest BCUT2D eigenvalue weighted by molar-refractivity contribution is 0.0106. The van der Waals surface area contributed by atoms with Gasteiger partial charge in [0, 0.05) is 34.0 Å². The van der Waals surface area contributed by atoms with Crippen LogP contribution in [-0.4, -0.2) is 16.5 Å². The summed E-state index contributed by atoms with van der Waals surface area (Å²) in [6.07, 6.45) is 9.39. The molecule has 0 amide bonds. The van der Waals surface area contributed by atoms with Crippen LogP contribution in [0.1, 0.15) is 87.7 Å². The van der Waals surface area contributed by atoms with Gasteiger partial charge in [-0.2, -0.15) is 11.8 Å². The van der Waals surface area contributed by atoms with Crippen LogP contribution in [0.3, 0.4) is 0 Å². The first kappa shape index (κ1) is 18.3. The van der Waals surface area contributed by atoms with Crippen LogP contribution in [0, 0.1) is 5.92 Å². The third-order valence-corrected chi connectivity index (χ3v) is 7.38. The highest BCUT2D eigenvalue weighted by molar-refractivity contribution is 8.06. The highest BCUT2D eigenvalue weighted by Gasteiger charge is 2.46. The monoisotopic (exact) mass is 372 g/mol. The molecule has 2 nitrogen and oxygen atoms in total. The highest BCUT2D eigenvalue weighted by Crippen LogP contribution is 2.58. The lowest BCUT2D eigenvalue weighted by atomic mass is 9.67. The van der Waals surface area contributed by atoms with Gasteiger partial charge in [-0.1, -0.05) is 31.4 Å². The van der Waals surface area contributed by atoms with E-state index in [-0.39, 0.29) is 11.5 Å². The van der Waals surface area contributed by atoms with Crippen molar-refractivity contribution in [2.75, 3.05) is 5.75 Å². The largest absolute Gasteiger partial charge is 0.507 e. The number of aryl methyl sites for hydroxylation is 1. The van der Waals surface area contributed by atoms with Gasteiger partial charge in [0.25, 0.3) is 0 Å². The van der Waals surface area contributed by atoms with Gasteiger partial charge in [-0.15, -0.1) is 0 Å². The zero-order valence-electron chi connectivity index (χ0n) is 16.6. The van der Waals surface area contributed by atoms with Gasteiger partial charge >= 0.3 is 0 Å². The molecule has 1 unspecified atom stereocenters. The van der Waals surface area contributed by atoms with Crippen molar-refractivity contribution in [1.82, 2.24) is 0 Å². The van der Waals surface area contributed by atoms with Crippen molar-refractivity contribution in [3.63, 3.8) is 0 Å². The third-order valence-electron chi connectivity index (χ3n) is 6.48. The van der Waals surface area contributed by atoms with Gasteiger partial charge in [0.2, 0.25) is 0 Å². The second-order valence-electron chi connectivity index (χ2n) is 8.88. The summed E-state index contributed by atoms with van der Waals surface area (Å²) in [6.45, 7) is 8.92. The summed E-state index contributed by atoms with van der Waals surface area (Å²) >= 11 is 1.95. The molecule has 1 fully saturated rings. The predicted molar refractivity (Wildman–Crippen MR) is 110 cm³/mol. The quantitative estimate of drug-likeness (QED) is 0.362. The average molecular weight is 373 g/mol. The number of phenolic OH excluding ortho intramolecular Hbond substituents is 1. The minimum Gasteiger partial charge on any atom is -0.507 e. The first-order valence-corrected chi connectivity index (χ1v) is 11.3. The van der Waals surface area contributed by atoms with Crippen LogP contribution in [0.2, 0.25) is 0 Å². The molecule has 0 aromatic heterocycles. The van der Waals surface area contributed by atoms with Crippen LogP contribution in [0.4, 0.5) is 0 Å². The molecule has 26 heavy (non-hydrogen) atoms. The third kappa shape index (κ3) is 3.17. The maximum absolute atomic E-state index is 11.4. The molecule has 1 saturated heterocycles. The SMILES string of the molecule is CCCCCc1cc2c(c(O)c1C1CS1)[C@H]1C=C(C)CC[C@@H]1C(C)(C)O2. The molecule has 142 valence electrons. The Morgan fingerprint density at radius 2 is 2.04 bits per heavy atom.